The van der Waals surface area contributed by atoms with E-state index < -0.39 is 0 Å². The van der Waals surface area contributed by atoms with E-state index in [-0.39, 0.29) is 16.7 Å². The van der Waals surface area contributed by atoms with Crippen molar-refractivity contribution in [1.29, 1.82) is 0 Å². The zero-order valence-electron chi connectivity index (χ0n) is 9.33. The topological polar surface area (TPSA) is 66.9 Å². The van der Waals surface area contributed by atoms with Crippen molar-refractivity contribution < 1.29 is 0 Å². The summed E-state index contributed by atoms with van der Waals surface area (Å²) < 4.78 is 1.31. The van der Waals surface area contributed by atoms with Gasteiger partial charge in [-0.25, -0.2) is 4.68 Å². The van der Waals surface area contributed by atoms with Crippen molar-refractivity contribution in [2.45, 2.75) is 32.9 Å². The predicted molar refractivity (Wildman–Crippen MR) is 59.1 cm³/mol. The lowest BCUT2D eigenvalue weighted by molar-refractivity contribution is 0.400. The molecule has 5 nitrogen and oxygen atoms in total. The Bertz CT molecular complexity index is 425. The van der Waals surface area contributed by atoms with E-state index >= 15 is 0 Å². The molecule has 1 heterocycles. The molecule has 0 bridgehead atoms. The maximum Gasteiger partial charge on any atom is 0.265 e. The molecule has 0 aliphatic heterocycles. The van der Waals surface area contributed by atoms with Gasteiger partial charge in [0.2, 0.25) is 0 Å². The fourth-order valence-corrected chi connectivity index (χ4v) is 1.17. The van der Waals surface area contributed by atoms with Gasteiger partial charge in [0.1, 0.15) is 0 Å². The summed E-state index contributed by atoms with van der Waals surface area (Å²) in [7, 11) is 0. The summed E-state index contributed by atoms with van der Waals surface area (Å²) in [6.45, 7) is 7.24. The van der Waals surface area contributed by atoms with Crippen LogP contribution in [0.1, 0.15) is 20.8 Å². The van der Waals surface area contributed by atoms with Crippen LogP contribution in [0.5, 0.6) is 0 Å². The molecule has 0 fully saturated rings. The summed E-state index contributed by atoms with van der Waals surface area (Å²) in [5.41, 5.74) is -0.436. The van der Waals surface area contributed by atoms with Gasteiger partial charge in [0.25, 0.3) is 11.1 Å². The third kappa shape index (κ3) is 4.12. The number of nitrogens with zero attached hydrogens (tertiary/aromatic N) is 1. The second-order valence-corrected chi connectivity index (χ2v) is 4.48. The first kappa shape index (κ1) is 11.7. The summed E-state index contributed by atoms with van der Waals surface area (Å²) in [6.07, 6.45) is 0. The molecule has 0 unspecified atom stereocenters. The molecule has 0 aromatic carbocycles. The number of hydrogen-bond donors (Lipinski definition) is 2. The summed E-state index contributed by atoms with van der Waals surface area (Å²) in [6, 6.07) is 2.51. The molecule has 0 saturated heterocycles. The molecule has 2 N–H and O–H groups in total. The van der Waals surface area contributed by atoms with Crippen LogP contribution < -0.4 is 16.4 Å². The Hall–Kier alpha value is -1.36. The zero-order chi connectivity index (χ0) is 11.5. The minimum atomic E-state index is -0.259. The smallest absolute Gasteiger partial charge is 0.265 e. The minimum Gasteiger partial charge on any atom is -0.310 e. The number of hydrogen-bond acceptors (Lipinski definition) is 3. The second kappa shape index (κ2) is 4.44. The van der Waals surface area contributed by atoms with Crippen molar-refractivity contribution in [3.63, 3.8) is 0 Å². The third-order valence-electron chi connectivity index (χ3n) is 1.88. The largest absolute Gasteiger partial charge is 0.310 e. The molecule has 0 amide bonds. The Labute approximate surface area is 88.1 Å². The minimum absolute atomic E-state index is 0.0126. The molecular weight excluding hydrogens is 194 g/mol. The van der Waals surface area contributed by atoms with Crippen molar-refractivity contribution in [2.75, 3.05) is 6.54 Å². The SMILES string of the molecule is CC(C)(C)NCCn1[nH]c(=O)ccc1=O. The van der Waals surface area contributed by atoms with Crippen LogP contribution in [0.25, 0.3) is 0 Å². The van der Waals surface area contributed by atoms with E-state index in [4.69, 9.17) is 0 Å². The highest BCUT2D eigenvalue weighted by Gasteiger charge is 2.07. The zero-order valence-corrected chi connectivity index (χ0v) is 9.33. The van der Waals surface area contributed by atoms with Gasteiger partial charge in [-0.1, -0.05) is 0 Å². The number of rotatable bonds is 3. The third-order valence-corrected chi connectivity index (χ3v) is 1.88. The van der Waals surface area contributed by atoms with Crippen LogP contribution in [0, 0.1) is 0 Å². The van der Waals surface area contributed by atoms with Gasteiger partial charge in [-0.3, -0.25) is 14.7 Å². The summed E-state index contributed by atoms with van der Waals surface area (Å²) >= 11 is 0. The average molecular weight is 211 g/mol. The number of aromatic nitrogens is 2. The van der Waals surface area contributed by atoms with E-state index in [1.54, 1.807) is 0 Å². The monoisotopic (exact) mass is 211 g/mol. The first-order chi connectivity index (χ1) is 6.88. The fraction of sp³-hybridized carbons (Fsp3) is 0.600. The van der Waals surface area contributed by atoms with Crippen LogP contribution in [-0.4, -0.2) is 21.9 Å². The van der Waals surface area contributed by atoms with Crippen molar-refractivity contribution >= 4 is 0 Å². The van der Waals surface area contributed by atoms with E-state index in [0.29, 0.717) is 13.1 Å². The van der Waals surface area contributed by atoms with Crippen LogP contribution >= 0.6 is 0 Å². The quantitative estimate of drug-likeness (QED) is 0.735. The highest BCUT2D eigenvalue weighted by atomic mass is 16.1. The van der Waals surface area contributed by atoms with Gasteiger partial charge in [-0.05, 0) is 20.8 Å². The van der Waals surface area contributed by atoms with Crippen LogP contribution in [0.2, 0.25) is 0 Å². The van der Waals surface area contributed by atoms with E-state index in [1.165, 1.54) is 16.8 Å². The molecule has 0 atom stereocenters. The molecule has 1 aromatic rings. The van der Waals surface area contributed by atoms with Gasteiger partial charge in [0.05, 0.1) is 6.54 Å². The number of H-pyrrole nitrogens is 1. The average Bonchev–Trinajstić information content (AvgIpc) is 2.09. The molecule has 0 aliphatic rings. The van der Waals surface area contributed by atoms with Gasteiger partial charge in [0, 0.05) is 24.2 Å². The Morgan fingerprint density at radius 3 is 2.60 bits per heavy atom. The molecule has 1 aromatic heterocycles. The van der Waals surface area contributed by atoms with Crippen molar-refractivity contribution in [1.82, 2.24) is 15.1 Å². The lowest BCUT2D eigenvalue weighted by Crippen LogP contribution is -2.40. The van der Waals surface area contributed by atoms with Gasteiger partial charge >= 0.3 is 0 Å². The Morgan fingerprint density at radius 1 is 1.33 bits per heavy atom. The van der Waals surface area contributed by atoms with E-state index in [0.717, 1.165) is 0 Å². The molecule has 0 aliphatic carbocycles. The standard InChI is InChI=1S/C10H17N3O2/c1-10(2,3)11-6-7-13-9(15)5-4-8(14)12-13/h4-5,11H,6-7H2,1-3H3,(H,12,14). The summed E-state index contributed by atoms with van der Waals surface area (Å²) in [5.74, 6) is 0. The van der Waals surface area contributed by atoms with Gasteiger partial charge in [-0.2, -0.15) is 0 Å². The second-order valence-electron chi connectivity index (χ2n) is 4.48. The maximum absolute atomic E-state index is 11.3. The molecule has 0 spiro atoms. The lowest BCUT2D eigenvalue weighted by atomic mass is 10.1. The van der Waals surface area contributed by atoms with Crippen LogP contribution in [0.3, 0.4) is 0 Å². The Kier molecular flexibility index (Phi) is 3.47. The lowest BCUT2D eigenvalue weighted by Gasteiger charge is -2.20. The summed E-state index contributed by atoms with van der Waals surface area (Å²) in [4.78, 5) is 22.3. The van der Waals surface area contributed by atoms with Gasteiger partial charge < -0.3 is 5.32 Å². The van der Waals surface area contributed by atoms with Gasteiger partial charge in [0.15, 0.2) is 0 Å². The number of nitrogens with one attached hydrogen (secondary N) is 2. The van der Waals surface area contributed by atoms with Crippen molar-refractivity contribution in [2.24, 2.45) is 0 Å². The van der Waals surface area contributed by atoms with Crippen LogP contribution in [0.15, 0.2) is 21.7 Å². The molecule has 1 rings (SSSR count). The van der Waals surface area contributed by atoms with E-state index in [1.807, 2.05) is 20.8 Å². The molecule has 0 saturated carbocycles. The molecule has 0 radical (unpaired) electrons. The number of aromatic amines is 1. The molecule has 84 valence electrons. The summed E-state index contributed by atoms with van der Waals surface area (Å²) in [5, 5.41) is 5.71. The predicted octanol–water partition coefficient (Wildman–Crippen LogP) is -0.0753. The normalized spacial score (nSPS) is 11.7. The Balaban J connectivity index is 2.62. The fourth-order valence-electron chi connectivity index (χ4n) is 1.17. The van der Waals surface area contributed by atoms with Crippen LogP contribution in [0.4, 0.5) is 0 Å². The molecule has 5 heteroatoms. The highest BCUT2D eigenvalue weighted by molar-refractivity contribution is 4.86. The molecule has 15 heavy (non-hydrogen) atoms. The molecular formula is C10H17N3O2. The maximum atomic E-state index is 11.3. The van der Waals surface area contributed by atoms with E-state index in [2.05, 4.69) is 10.4 Å². The first-order valence-electron chi connectivity index (χ1n) is 4.94. The van der Waals surface area contributed by atoms with Crippen molar-refractivity contribution in [3.05, 3.63) is 32.8 Å². The Morgan fingerprint density at radius 2 is 2.00 bits per heavy atom. The first-order valence-corrected chi connectivity index (χ1v) is 4.94. The van der Waals surface area contributed by atoms with Gasteiger partial charge in [-0.15, -0.1) is 0 Å². The highest BCUT2D eigenvalue weighted by Crippen LogP contribution is 1.96. The van der Waals surface area contributed by atoms with Crippen LogP contribution in [-0.2, 0) is 6.54 Å². The van der Waals surface area contributed by atoms with Crippen molar-refractivity contribution in [3.8, 4) is 0 Å². The van der Waals surface area contributed by atoms with E-state index in [9.17, 15) is 9.59 Å².